The number of aliphatic carboxylic acids is 1. The Morgan fingerprint density at radius 1 is 1.35 bits per heavy atom. The average molecular weight is 256 g/mol. The quantitative estimate of drug-likeness (QED) is 0.583. The molecule has 5 nitrogen and oxygen atoms in total. The Kier molecular flexibility index (Phi) is 6.55. The first-order valence-electron chi connectivity index (χ1n) is 5.04. The second-order valence-electron chi connectivity index (χ2n) is 3.55. The summed E-state index contributed by atoms with van der Waals surface area (Å²) in [7, 11) is 0. The van der Waals surface area contributed by atoms with Crippen molar-refractivity contribution in [2.45, 2.75) is 37.9 Å². The van der Waals surface area contributed by atoms with Crippen LogP contribution in [-0.2, 0) is 9.59 Å². The van der Waals surface area contributed by atoms with Crippen LogP contribution in [0.2, 0.25) is 0 Å². The summed E-state index contributed by atoms with van der Waals surface area (Å²) in [4.78, 5) is 21.2. The molecule has 0 bridgehead atoms. The summed E-state index contributed by atoms with van der Waals surface area (Å²) in [5.41, 5.74) is 5.19. The maximum absolute atomic E-state index is 11.7. The fourth-order valence-corrected chi connectivity index (χ4v) is 1.02. The van der Waals surface area contributed by atoms with Gasteiger partial charge in [0, 0.05) is 13.0 Å². The van der Waals surface area contributed by atoms with Gasteiger partial charge in [-0.1, -0.05) is 0 Å². The highest BCUT2D eigenvalue weighted by molar-refractivity contribution is 5.75. The Morgan fingerprint density at radius 3 is 2.41 bits per heavy atom. The molecule has 0 heterocycles. The van der Waals surface area contributed by atoms with Gasteiger partial charge in [0.2, 0.25) is 5.91 Å². The number of halogens is 3. The van der Waals surface area contributed by atoms with Gasteiger partial charge < -0.3 is 16.2 Å². The monoisotopic (exact) mass is 256 g/mol. The molecule has 0 spiro atoms. The lowest BCUT2D eigenvalue weighted by Gasteiger charge is -2.08. The maximum Gasteiger partial charge on any atom is 0.389 e. The number of carbonyl (C=O) groups excluding carboxylic acids is 1. The molecule has 0 radical (unpaired) electrons. The van der Waals surface area contributed by atoms with E-state index in [2.05, 4.69) is 5.32 Å². The second kappa shape index (κ2) is 7.10. The van der Waals surface area contributed by atoms with Crippen LogP contribution >= 0.6 is 0 Å². The fourth-order valence-electron chi connectivity index (χ4n) is 1.02. The van der Waals surface area contributed by atoms with Gasteiger partial charge in [0.15, 0.2) is 0 Å². The van der Waals surface area contributed by atoms with Crippen molar-refractivity contribution in [2.75, 3.05) is 6.54 Å². The molecule has 1 amide bonds. The topological polar surface area (TPSA) is 92.4 Å². The minimum atomic E-state index is -4.34. The standard InChI is InChI=1S/C9H15F3N2O3/c10-9(11,12)4-3-7(15)14-5-1-2-6(13)8(16)17/h6H,1-5,13H2,(H,14,15)(H,16,17)/t6-/m0/s1. The van der Waals surface area contributed by atoms with Gasteiger partial charge in [0.1, 0.15) is 6.04 Å². The number of hydrogen-bond acceptors (Lipinski definition) is 3. The van der Waals surface area contributed by atoms with Gasteiger partial charge in [0.25, 0.3) is 0 Å². The van der Waals surface area contributed by atoms with E-state index in [1.165, 1.54) is 0 Å². The zero-order valence-corrected chi connectivity index (χ0v) is 9.09. The molecular weight excluding hydrogens is 241 g/mol. The third kappa shape index (κ3) is 9.61. The average Bonchev–Trinajstić information content (AvgIpc) is 2.20. The molecule has 0 aliphatic carbocycles. The van der Waals surface area contributed by atoms with E-state index in [9.17, 15) is 22.8 Å². The molecule has 100 valence electrons. The Labute approximate surface area is 96.2 Å². The van der Waals surface area contributed by atoms with E-state index in [-0.39, 0.29) is 13.0 Å². The van der Waals surface area contributed by atoms with E-state index < -0.39 is 36.9 Å². The van der Waals surface area contributed by atoms with E-state index >= 15 is 0 Å². The number of nitrogens with two attached hydrogens (primary N) is 1. The third-order valence-electron chi connectivity index (χ3n) is 1.97. The van der Waals surface area contributed by atoms with Crippen molar-refractivity contribution >= 4 is 11.9 Å². The second-order valence-corrected chi connectivity index (χ2v) is 3.55. The first-order valence-corrected chi connectivity index (χ1v) is 5.04. The molecule has 0 aliphatic heterocycles. The number of nitrogens with one attached hydrogen (secondary N) is 1. The van der Waals surface area contributed by atoms with Gasteiger partial charge in [-0.2, -0.15) is 13.2 Å². The van der Waals surface area contributed by atoms with Crippen molar-refractivity contribution in [2.24, 2.45) is 5.73 Å². The van der Waals surface area contributed by atoms with Crippen LogP contribution in [0.1, 0.15) is 25.7 Å². The summed E-state index contributed by atoms with van der Waals surface area (Å²) in [6, 6.07) is -1.01. The van der Waals surface area contributed by atoms with Crippen molar-refractivity contribution in [3.63, 3.8) is 0 Å². The summed E-state index contributed by atoms with van der Waals surface area (Å²) in [5.74, 6) is -1.85. The number of hydrogen-bond donors (Lipinski definition) is 3. The number of carbonyl (C=O) groups is 2. The highest BCUT2D eigenvalue weighted by Gasteiger charge is 2.27. The van der Waals surface area contributed by atoms with E-state index in [4.69, 9.17) is 10.8 Å². The maximum atomic E-state index is 11.7. The molecular formula is C9H15F3N2O3. The molecule has 0 aliphatic rings. The third-order valence-corrected chi connectivity index (χ3v) is 1.97. The predicted octanol–water partition coefficient (Wildman–Crippen LogP) is 0.637. The summed E-state index contributed by atoms with van der Waals surface area (Å²) >= 11 is 0. The van der Waals surface area contributed by atoms with E-state index in [0.29, 0.717) is 6.42 Å². The molecule has 0 unspecified atom stereocenters. The zero-order chi connectivity index (χ0) is 13.5. The minimum absolute atomic E-state index is 0.123. The Hall–Kier alpha value is -1.31. The van der Waals surface area contributed by atoms with Crippen LogP contribution in [0, 0.1) is 0 Å². The van der Waals surface area contributed by atoms with Gasteiger partial charge in [0.05, 0.1) is 6.42 Å². The van der Waals surface area contributed by atoms with E-state index in [1.54, 1.807) is 0 Å². The van der Waals surface area contributed by atoms with Crippen molar-refractivity contribution in [3.8, 4) is 0 Å². The smallest absolute Gasteiger partial charge is 0.389 e. The van der Waals surface area contributed by atoms with Crippen molar-refractivity contribution < 1.29 is 27.9 Å². The molecule has 1 atom stereocenters. The minimum Gasteiger partial charge on any atom is -0.480 e. The summed E-state index contributed by atoms with van der Waals surface area (Å²) in [5, 5.41) is 10.7. The van der Waals surface area contributed by atoms with Crippen LogP contribution in [-0.4, -0.2) is 35.7 Å². The highest BCUT2D eigenvalue weighted by atomic mass is 19.4. The molecule has 0 aromatic heterocycles. The van der Waals surface area contributed by atoms with Crippen molar-refractivity contribution in [3.05, 3.63) is 0 Å². The molecule has 0 fully saturated rings. The van der Waals surface area contributed by atoms with Crippen LogP contribution in [0.3, 0.4) is 0 Å². The van der Waals surface area contributed by atoms with Crippen LogP contribution in [0.5, 0.6) is 0 Å². The summed E-state index contributed by atoms with van der Waals surface area (Å²) in [6.45, 7) is 0.123. The molecule has 17 heavy (non-hydrogen) atoms. The van der Waals surface area contributed by atoms with Crippen LogP contribution < -0.4 is 11.1 Å². The predicted molar refractivity (Wildman–Crippen MR) is 53.1 cm³/mol. The van der Waals surface area contributed by atoms with Gasteiger partial charge in [-0.3, -0.25) is 9.59 Å². The van der Waals surface area contributed by atoms with Crippen LogP contribution in [0.15, 0.2) is 0 Å². The van der Waals surface area contributed by atoms with Crippen LogP contribution in [0.4, 0.5) is 13.2 Å². The number of carboxylic acids is 1. The van der Waals surface area contributed by atoms with Gasteiger partial charge >= 0.3 is 12.1 Å². The lowest BCUT2D eigenvalue weighted by atomic mass is 10.1. The first kappa shape index (κ1) is 15.7. The van der Waals surface area contributed by atoms with E-state index in [0.717, 1.165) is 0 Å². The fraction of sp³-hybridized carbons (Fsp3) is 0.778. The Balaban J connectivity index is 3.56. The molecule has 0 rings (SSSR count). The number of amides is 1. The Morgan fingerprint density at radius 2 is 1.94 bits per heavy atom. The van der Waals surface area contributed by atoms with Gasteiger partial charge in [-0.15, -0.1) is 0 Å². The van der Waals surface area contributed by atoms with E-state index in [1.807, 2.05) is 0 Å². The first-order chi connectivity index (χ1) is 7.72. The SMILES string of the molecule is N[C@@H](CCCNC(=O)CCC(F)(F)F)C(=O)O. The number of alkyl halides is 3. The molecule has 8 heteroatoms. The molecule has 0 aromatic carbocycles. The molecule has 0 aromatic rings. The number of rotatable bonds is 7. The normalized spacial score (nSPS) is 13.2. The highest BCUT2D eigenvalue weighted by Crippen LogP contribution is 2.20. The molecule has 4 N–H and O–H groups in total. The van der Waals surface area contributed by atoms with Crippen LogP contribution in [0.25, 0.3) is 0 Å². The lowest BCUT2D eigenvalue weighted by molar-refractivity contribution is -0.144. The molecule has 0 saturated heterocycles. The van der Waals surface area contributed by atoms with Gasteiger partial charge in [-0.05, 0) is 12.8 Å². The molecule has 0 saturated carbocycles. The lowest BCUT2D eigenvalue weighted by Crippen LogP contribution is -2.32. The summed E-state index contributed by atoms with van der Waals surface area (Å²) in [6.07, 6.45) is -5.65. The van der Waals surface area contributed by atoms with Crippen molar-refractivity contribution in [1.82, 2.24) is 5.32 Å². The zero-order valence-electron chi connectivity index (χ0n) is 9.09. The Bertz CT molecular complexity index is 269. The largest absolute Gasteiger partial charge is 0.480 e. The summed E-state index contributed by atoms with van der Waals surface area (Å²) < 4.78 is 35.2. The van der Waals surface area contributed by atoms with Gasteiger partial charge in [-0.25, -0.2) is 0 Å². The number of carboxylic acid groups (broad SMARTS) is 1. The van der Waals surface area contributed by atoms with Crippen molar-refractivity contribution in [1.29, 1.82) is 0 Å².